The molecule has 0 aliphatic heterocycles. The average molecular weight is 333 g/mol. The van der Waals surface area contributed by atoms with Gasteiger partial charge in [-0.15, -0.1) is 0 Å². The number of rotatable bonds is 1. The summed E-state index contributed by atoms with van der Waals surface area (Å²) in [6, 6.07) is 26.9. The molecule has 0 unspecified atom stereocenters. The van der Waals surface area contributed by atoms with Crippen molar-refractivity contribution >= 4 is 32.6 Å². The number of hydrogen-bond acceptors (Lipinski definition) is 0. The van der Waals surface area contributed by atoms with Gasteiger partial charge in [-0.25, -0.2) is 0 Å². The van der Waals surface area contributed by atoms with E-state index in [1.807, 2.05) is 0 Å². The van der Waals surface area contributed by atoms with Gasteiger partial charge in [0.05, 0.1) is 5.52 Å². The number of hydrogen-bond donors (Lipinski definition) is 0. The van der Waals surface area contributed by atoms with Gasteiger partial charge in [-0.3, -0.25) is 0 Å². The van der Waals surface area contributed by atoms with Gasteiger partial charge in [0, 0.05) is 29.3 Å². The third kappa shape index (κ3) is 1.65. The molecule has 5 aromatic rings. The van der Waals surface area contributed by atoms with Crippen molar-refractivity contribution in [1.29, 1.82) is 0 Å². The second-order valence-corrected chi connectivity index (χ2v) is 7.25. The Bertz CT molecular complexity index is 1340. The minimum Gasteiger partial charge on any atom is -0.340 e. The Morgan fingerprint density at radius 2 is 1.62 bits per heavy atom. The van der Waals surface area contributed by atoms with Crippen molar-refractivity contribution in [3.05, 3.63) is 83.9 Å². The van der Waals surface area contributed by atoms with E-state index in [9.17, 15) is 0 Å². The van der Waals surface area contributed by atoms with Crippen LogP contribution in [0.1, 0.15) is 18.1 Å². The first-order valence-electron chi connectivity index (χ1n) is 9.40. The van der Waals surface area contributed by atoms with Crippen molar-refractivity contribution in [2.45, 2.75) is 19.9 Å². The van der Waals surface area contributed by atoms with E-state index >= 15 is 0 Å². The summed E-state index contributed by atoms with van der Waals surface area (Å²) >= 11 is 0. The van der Waals surface area contributed by atoms with Gasteiger partial charge in [-0.1, -0.05) is 66.7 Å². The summed E-state index contributed by atoms with van der Waals surface area (Å²) < 4.78 is 2.52. The monoisotopic (exact) mass is 333 g/mol. The Morgan fingerprint density at radius 3 is 2.54 bits per heavy atom. The highest BCUT2D eigenvalue weighted by Gasteiger charge is 2.24. The molecule has 0 saturated heterocycles. The van der Waals surface area contributed by atoms with Crippen molar-refractivity contribution < 1.29 is 0 Å². The zero-order valence-electron chi connectivity index (χ0n) is 14.8. The van der Waals surface area contributed by atoms with Crippen molar-refractivity contribution in [2.24, 2.45) is 0 Å². The Balaban J connectivity index is 1.83. The summed E-state index contributed by atoms with van der Waals surface area (Å²) in [6.07, 6.45) is 1.04. The van der Waals surface area contributed by atoms with Crippen LogP contribution in [-0.4, -0.2) is 4.57 Å². The number of aromatic nitrogens is 1. The fraction of sp³-hybridized carbons (Fsp3) is 0.120. The van der Waals surface area contributed by atoms with Gasteiger partial charge in [-0.2, -0.15) is 0 Å². The summed E-state index contributed by atoms with van der Waals surface area (Å²) in [6.45, 7) is 3.25. The van der Waals surface area contributed by atoms with Crippen LogP contribution in [0.25, 0.3) is 43.7 Å². The molecule has 1 aliphatic carbocycles. The van der Waals surface area contributed by atoms with Gasteiger partial charge >= 0.3 is 0 Å². The van der Waals surface area contributed by atoms with E-state index in [0.717, 1.165) is 13.0 Å². The average Bonchev–Trinajstić information content (AvgIpc) is 3.23. The largest absolute Gasteiger partial charge is 0.340 e. The maximum atomic E-state index is 2.52. The standard InChI is InChI=1S/C25H19N/c1-2-26-23-14-11-16-7-3-6-10-19(16)24(23)21-13-12-20-18-9-5-4-8-17(18)15-22(20)25(21)26/h3-14H,2,15H2,1H3. The van der Waals surface area contributed by atoms with Gasteiger partial charge in [-0.05, 0) is 46.0 Å². The second-order valence-electron chi connectivity index (χ2n) is 7.25. The lowest BCUT2D eigenvalue weighted by Gasteiger charge is -2.08. The molecule has 1 aromatic heterocycles. The fourth-order valence-corrected chi connectivity index (χ4v) is 4.92. The molecule has 124 valence electrons. The Morgan fingerprint density at radius 1 is 0.769 bits per heavy atom. The summed E-state index contributed by atoms with van der Waals surface area (Å²) in [5.74, 6) is 0. The van der Waals surface area contributed by atoms with Crippen LogP contribution in [0.15, 0.2) is 72.8 Å². The lowest BCUT2D eigenvalue weighted by atomic mass is 10.00. The zero-order chi connectivity index (χ0) is 17.3. The van der Waals surface area contributed by atoms with Crippen LogP contribution >= 0.6 is 0 Å². The maximum absolute atomic E-state index is 2.52. The molecule has 1 aliphatic rings. The van der Waals surface area contributed by atoms with Crippen molar-refractivity contribution in [3.8, 4) is 11.1 Å². The van der Waals surface area contributed by atoms with Gasteiger partial charge in [0.15, 0.2) is 0 Å². The zero-order valence-corrected chi connectivity index (χ0v) is 14.8. The SMILES string of the molecule is CCn1c2ccc3ccccc3c2c2ccc3c(c21)Cc1ccccc1-3. The Kier molecular flexibility index (Phi) is 2.71. The maximum Gasteiger partial charge on any atom is 0.0533 e. The van der Waals surface area contributed by atoms with Crippen LogP contribution in [0.5, 0.6) is 0 Å². The van der Waals surface area contributed by atoms with Crippen LogP contribution in [0.3, 0.4) is 0 Å². The van der Waals surface area contributed by atoms with Crippen LogP contribution < -0.4 is 0 Å². The molecule has 0 atom stereocenters. The highest BCUT2D eigenvalue weighted by atomic mass is 15.0. The molecule has 6 rings (SSSR count). The quantitative estimate of drug-likeness (QED) is 0.322. The molecule has 0 amide bonds. The van der Waals surface area contributed by atoms with Crippen molar-refractivity contribution in [2.75, 3.05) is 0 Å². The molecule has 26 heavy (non-hydrogen) atoms. The molecule has 0 fully saturated rings. The number of aryl methyl sites for hydroxylation is 1. The first-order chi connectivity index (χ1) is 12.9. The van der Waals surface area contributed by atoms with Crippen molar-refractivity contribution in [1.82, 2.24) is 4.57 Å². The van der Waals surface area contributed by atoms with E-state index in [2.05, 4.69) is 84.3 Å². The summed E-state index contributed by atoms with van der Waals surface area (Å²) in [4.78, 5) is 0. The lowest BCUT2D eigenvalue weighted by Crippen LogP contribution is -1.96. The molecule has 1 heterocycles. The van der Waals surface area contributed by atoms with Gasteiger partial charge in [0.1, 0.15) is 0 Å². The van der Waals surface area contributed by atoms with Crippen LogP contribution in [0.2, 0.25) is 0 Å². The molecule has 0 saturated carbocycles. The van der Waals surface area contributed by atoms with Crippen LogP contribution in [-0.2, 0) is 13.0 Å². The van der Waals surface area contributed by atoms with E-state index in [0.29, 0.717) is 0 Å². The summed E-state index contributed by atoms with van der Waals surface area (Å²) in [7, 11) is 0. The number of nitrogens with zero attached hydrogens (tertiary/aromatic N) is 1. The number of benzene rings is 4. The molecular weight excluding hydrogens is 314 g/mol. The van der Waals surface area contributed by atoms with Gasteiger partial charge in [0.25, 0.3) is 0 Å². The molecule has 0 radical (unpaired) electrons. The van der Waals surface area contributed by atoms with E-state index in [1.165, 1.54) is 54.8 Å². The molecule has 1 heteroatoms. The summed E-state index contributed by atoms with van der Waals surface area (Å²) in [5.41, 5.74) is 8.54. The third-order valence-electron chi connectivity index (χ3n) is 6.01. The van der Waals surface area contributed by atoms with E-state index in [4.69, 9.17) is 0 Å². The third-order valence-corrected chi connectivity index (χ3v) is 6.01. The predicted molar refractivity (Wildman–Crippen MR) is 111 cm³/mol. The fourth-order valence-electron chi connectivity index (χ4n) is 4.92. The Hall–Kier alpha value is -3.06. The molecule has 0 N–H and O–H groups in total. The predicted octanol–water partition coefficient (Wildman–Crippen LogP) is 6.54. The molecule has 0 spiro atoms. The number of fused-ring (bicyclic) bond motifs is 9. The molecule has 1 nitrogen and oxygen atoms in total. The van der Waals surface area contributed by atoms with Crippen LogP contribution in [0, 0.1) is 0 Å². The van der Waals surface area contributed by atoms with E-state index in [1.54, 1.807) is 0 Å². The Labute approximate surface area is 152 Å². The molecule has 4 aromatic carbocycles. The lowest BCUT2D eigenvalue weighted by molar-refractivity contribution is 0.824. The highest BCUT2D eigenvalue weighted by molar-refractivity contribution is 6.22. The van der Waals surface area contributed by atoms with E-state index < -0.39 is 0 Å². The minimum absolute atomic E-state index is 0.991. The smallest absolute Gasteiger partial charge is 0.0533 e. The molecular formula is C25H19N. The second kappa shape index (κ2) is 4.98. The van der Waals surface area contributed by atoms with Gasteiger partial charge in [0.2, 0.25) is 0 Å². The van der Waals surface area contributed by atoms with E-state index in [-0.39, 0.29) is 0 Å². The van der Waals surface area contributed by atoms with Gasteiger partial charge < -0.3 is 4.57 Å². The normalized spacial score (nSPS) is 12.8. The topological polar surface area (TPSA) is 4.93 Å². The van der Waals surface area contributed by atoms with Crippen molar-refractivity contribution in [3.63, 3.8) is 0 Å². The first kappa shape index (κ1) is 14.1. The van der Waals surface area contributed by atoms with Crippen LogP contribution in [0.4, 0.5) is 0 Å². The summed E-state index contributed by atoms with van der Waals surface area (Å²) in [5, 5.41) is 5.47. The first-order valence-corrected chi connectivity index (χ1v) is 9.40. The minimum atomic E-state index is 0.991. The highest BCUT2D eigenvalue weighted by Crippen LogP contribution is 2.44. The molecule has 0 bridgehead atoms.